The molecule has 1 aliphatic rings. The molecule has 0 aliphatic heterocycles. The molecule has 0 heterocycles. The standard InChI is InChI=1S/C18H19NO3/c20-12-13-22-16-8-6-14(7-9-16)17(21)19-18(10-11-18)15-4-2-1-3-5-15/h1-9,20H,10-13H2,(H,19,21). The molecule has 0 unspecified atom stereocenters. The van der Waals surface area contributed by atoms with Crippen molar-refractivity contribution in [2.75, 3.05) is 13.2 Å². The van der Waals surface area contributed by atoms with Crippen molar-refractivity contribution in [2.24, 2.45) is 0 Å². The van der Waals surface area contributed by atoms with E-state index in [2.05, 4.69) is 17.4 Å². The fraction of sp³-hybridized carbons (Fsp3) is 0.278. The van der Waals surface area contributed by atoms with Gasteiger partial charge in [-0.25, -0.2) is 0 Å². The van der Waals surface area contributed by atoms with E-state index in [-0.39, 0.29) is 24.7 Å². The van der Waals surface area contributed by atoms with E-state index in [1.165, 1.54) is 0 Å². The van der Waals surface area contributed by atoms with Gasteiger partial charge in [-0.05, 0) is 42.7 Å². The zero-order valence-electron chi connectivity index (χ0n) is 12.3. The Bertz CT molecular complexity index is 633. The minimum Gasteiger partial charge on any atom is -0.491 e. The number of ether oxygens (including phenoxy) is 1. The van der Waals surface area contributed by atoms with Crippen molar-refractivity contribution < 1.29 is 14.6 Å². The molecule has 114 valence electrons. The third kappa shape index (κ3) is 3.12. The molecule has 3 rings (SSSR count). The van der Waals surface area contributed by atoms with Crippen molar-refractivity contribution in [1.82, 2.24) is 5.32 Å². The Morgan fingerprint density at radius 1 is 1.09 bits per heavy atom. The maximum atomic E-state index is 12.4. The maximum Gasteiger partial charge on any atom is 0.251 e. The summed E-state index contributed by atoms with van der Waals surface area (Å²) in [5.41, 5.74) is 1.56. The highest BCUT2D eigenvalue weighted by Crippen LogP contribution is 2.45. The lowest BCUT2D eigenvalue weighted by atomic mass is 10.0. The molecule has 2 aromatic rings. The monoisotopic (exact) mass is 297 g/mol. The molecule has 0 saturated heterocycles. The second-order valence-electron chi connectivity index (χ2n) is 5.50. The second kappa shape index (κ2) is 6.20. The summed E-state index contributed by atoms with van der Waals surface area (Å²) >= 11 is 0. The number of nitrogens with one attached hydrogen (secondary N) is 1. The Kier molecular flexibility index (Phi) is 4.11. The fourth-order valence-electron chi connectivity index (χ4n) is 2.52. The SMILES string of the molecule is O=C(NC1(c2ccccc2)CC1)c1ccc(OCCO)cc1. The summed E-state index contributed by atoms with van der Waals surface area (Å²) in [5, 5.41) is 11.9. The van der Waals surface area contributed by atoms with Crippen LogP contribution in [0.5, 0.6) is 5.75 Å². The Morgan fingerprint density at radius 2 is 1.77 bits per heavy atom. The number of carbonyl (C=O) groups excluding carboxylic acids is 1. The zero-order valence-corrected chi connectivity index (χ0v) is 12.3. The van der Waals surface area contributed by atoms with Gasteiger partial charge in [0.05, 0.1) is 12.1 Å². The van der Waals surface area contributed by atoms with E-state index in [1.54, 1.807) is 24.3 Å². The molecule has 1 amide bonds. The zero-order chi connectivity index (χ0) is 15.4. The van der Waals surface area contributed by atoms with Crippen LogP contribution in [0.4, 0.5) is 0 Å². The van der Waals surface area contributed by atoms with Gasteiger partial charge in [-0.15, -0.1) is 0 Å². The van der Waals surface area contributed by atoms with Crippen LogP contribution >= 0.6 is 0 Å². The molecule has 0 bridgehead atoms. The lowest BCUT2D eigenvalue weighted by Crippen LogP contribution is -2.34. The van der Waals surface area contributed by atoms with Gasteiger partial charge < -0.3 is 15.2 Å². The van der Waals surface area contributed by atoms with E-state index in [9.17, 15) is 4.79 Å². The number of carbonyl (C=O) groups is 1. The molecule has 0 radical (unpaired) electrons. The van der Waals surface area contributed by atoms with Crippen LogP contribution in [-0.2, 0) is 5.54 Å². The lowest BCUT2D eigenvalue weighted by molar-refractivity contribution is 0.0930. The van der Waals surface area contributed by atoms with Gasteiger partial charge in [-0.1, -0.05) is 30.3 Å². The van der Waals surface area contributed by atoms with Crippen LogP contribution in [-0.4, -0.2) is 24.2 Å². The number of rotatable bonds is 6. The Hall–Kier alpha value is -2.33. The van der Waals surface area contributed by atoms with E-state index in [0.29, 0.717) is 11.3 Å². The van der Waals surface area contributed by atoms with E-state index in [0.717, 1.165) is 18.4 Å². The average molecular weight is 297 g/mol. The van der Waals surface area contributed by atoms with Gasteiger partial charge in [0, 0.05) is 5.56 Å². The molecular weight excluding hydrogens is 278 g/mol. The highest BCUT2D eigenvalue weighted by Gasteiger charge is 2.45. The highest BCUT2D eigenvalue weighted by atomic mass is 16.5. The van der Waals surface area contributed by atoms with Crippen molar-refractivity contribution in [1.29, 1.82) is 0 Å². The molecule has 0 atom stereocenters. The molecule has 1 saturated carbocycles. The number of aliphatic hydroxyl groups excluding tert-OH is 1. The predicted octanol–water partition coefficient (Wildman–Crippen LogP) is 2.48. The van der Waals surface area contributed by atoms with Crippen LogP contribution in [0.25, 0.3) is 0 Å². The number of aliphatic hydroxyl groups is 1. The first kappa shape index (κ1) is 14.6. The molecule has 22 heavy (non-hydrogen) atoms. The molecule has 2 aromatic carbocycles. The average Bonchev–Trinajstić information content (AvgIpc) is 3.35. The Labute approximate surface area is 129 Å². The minimum absolute atomic E-state index is 0.0260. The predicted molar refractivity (Wildman–Crippen MR) is 83.8 cm³/mol. The number of amides is 1. The van der Waals surface area contributed by atoms with Crippen molar-refractivity contribution in [3.63, 3.8) is 0 Å². The van der Waals surface area contributed by atoms with Gasteiger partial charge in [0.15, 0.2) is 0 Å². The molecule has 4 heteroatoms. The first-order chi connectivity index (χ1) is 10.7. The largest absolute Gasteiger partial charge is 0.491 e. The molecule has 0 aromatic heterocycles. The summed E-state index contributed by atoms with van der Waals surface area (Å²) in [7, 11) is 0. The molecule has 4 nitrogen and oxygen atoms in total. The van der Waals surface area contributed by atoms with Crippen molar-refractivity contribution >= 4 is 5.91 Å². The van der Waals surface area contributed by atoms with Gasteiger partial charge in [-0.3, -0.25) is 4.79 Å². The molecule has 0 spiro atoms. The molecular formula is C18H19NO3. The number of benzene rings is 2. The summed E-state index contributed by atoms with van der Waals surface area (Å²) in [4.78, 5) is 12.4. The normalized spacial score (nSPS) is 15.1. The Morgan fingerprint density at radius 3 is 2.36 bits per heavy atom. The van der Waals surface area contributed by atoms with Crippen LogP contribution in [0, 0.1) is 0 Å². The smallest absolute Gasteiger partial charge is 0.251 e. The topological polar surface area (TPSA) is 58.6 Å². The summed E-state index contributed by atoms with van der Waals surface area (Å²) in [6.07, 6.45) is 1.95. The van der Waals surface area contributed by atoms with E-state index in [1.807, 2.05) is 18.2 Å². The summed E-state index contributed by atoms with van der Waals surface area (Å²) < 4.78 is 5.29. The van der Waals surface area contributed by atoms with Gasteiger partial charge in [0.1, 0.15) is 12.4 Å². The Balaban J connectivity index is 1.67. The van der Waals surface area contributed by atoms with Crippen molar-refractivity contribution in [2.45, 2.75) is 18.4 Å². The van der Waals surface area contributed by atoms with Crippen LogP contribution in [0.1, 0.15) is 28.8 Å². The van der Waals surface area contributed by atoms with Crippen molar-refractivity contribution in [3.05, 3.63) is 65.7 Å². The number of hydrogen-bond donors (Lipinski definition) is 2. The van der Waals surface area contributed by atoms with Gasteiger partial charge in [0.2, 0.25) is 0 Å². The quantitative estimate of drug-likeness (QED) is 0.861. The minimum atomic E-state index is -0.204. The third-order valence-corrected chi connectivity index (χ3v) is 3.91. The van der Waals surface area contributed by atoms with Crippen LogP contribution in [0.15, 0.2) is 54.6 Å². The second-order valence-corrected chi connectivity index (χ2v) is 5.50. The first-order valence-corrected chi connectivity index (χ1v) is 7.45. The lowest BCUT2D eigenvalue weighted by Gasteiger charge is -2.18. The van der Waals surface area contributed by atoms with Crippen LogP contribution in [0.2, 0.25) is 0 Å². The van der Waals surface area contributed by atoms with Gasteiger partial charge in [0.25, 0.3) is 5.91 Å². The third-order valence-electron chi connectivity index (χ3n) is 3.91. The van der Waals surface area contributed by atoms with E-state index >= 15 is 0 Å². The van der Waals surface area contributed by atoms with E-state index < -0.39 is 0 Å². The first-order valence-electron chi connectivity index (χ1n) is 7.45. The van der Waals surface area contributed by atoms with Gasteiger partial charge in [-0.2, -0.15) is 0 Å². The summed E-state index contributed by atoms with van der Waals surface area (Å²) in [6, 6.07) is 17.0. The fourth-order valence-corrected chi connectivity index (χ4v) is 2.52. The highest BCUT2D eigenvalue weighted by molar-refractivity contribution is 5.95. The maximum absolute atomic E-state index is 12.4. The summed E-state index contributed by atoms with van der Waals surface area (Å²) in [5.74, 6) is 0.574. The molecule has 1 fully saturated rings. The van der Waals surface area contributed by atoms with Gasteiger partial charge >= 0.3 is 0 Å². The number of hydrogen-bond acceptors (Lipinski definition) is 3. The van der Waals surface area contributed by atoms with Crippen molar-refractivity contribution in [3.8, 4) is 5.75 Å². The van der Waals surface area contributed by atoms with Crippen LogP contribution < -0.4 is 10.1 Å². The van der Waals surface area contributed by atoms with E-state index in [4.69, 9.17) is 9.84 Å². The molecule has 2 N–H and O–H groups in total. The molecule has 1 aliphatic carbocycles. The summed E-state index contributed by atoms with van der Waals surface area (Å²) in [6.45, 7) is 0.227. The van der Waals surface area contributed by atoms with Crippen LogP contribution in [0.3, 0.4) is 0 Å².